The highest BCUT2D eigenvalue weighted by molar-refractivity contribution is 5.92. The summed E-state index contributed by atoms with van der Waals surface area (Å²) < 4.78 is 37.1. The summed E-state index contributed by atoms with van der Waals surface area (Å²) in [5.41, 5.74) is 3.25. The summed E-state index contributed by atoms with van der Waals surface area (Å²) in [6.45, 7) is -3.47. The van der Waals surface area contributed by atoms with Crippen LogP contribution in [0, 0.1) is 17.3 Å². The molecule has 0 amide bonds. The molecule has 2 fully saturated rings. The van der Waals surface area contributed by atoms with Gasteiger partial charge < -0.3 is 9.94 Å². The molecule has 23 heavy (non-hydrogen) atoms. The van der Waals surface area contributed by atoms with E-state index in [1.165, 1.54) is 11.1 Å². The van der Waals surface area contributed by atoms with E-state index in [2.05, 4.69) is 18.1 Å². The monoisotopic (exact) mass is 318 g/mol. The van der Waals surface area contributed by atoms with E-state index in [-0.39, 0.29) is 5.41 Å². The van der Waals surface area contributed by atoms with Gasteiger partial charge in [0, 0.05) is 9.53 Å². The van der Waals surface area contributed by atoms with E-state index in [1.54, 1.807) is 6.07 Å². The van der Waals surface area contributed by atoms with Crippen LogP contribution in [0.15, 0.2) is 23.4 Å². The first-order valence-electron chi connectivity index (χ1n) is 11.1. The lowest BCUT2D eigenvalue weighted by Crippen LogP contribution is -2.42. The number of hydrogen-bond donors (Lipinski definition) is 1. The van der Waals surface area contributed by atoms with E-state index >= 15 is 0 Å². The third kappa shape index (κ3) is 2.28. The van der Waals surface area contributed by atoms with Gasteiger partial charge in [-0.05, 0) is 86.4 Å². The quantitative estimate of drug-likeness (QED) is 0.807. The van der Waals surface area contributed by atoms with Crippen LogP contribution in [0.3, 0.4) is 0 Å². The van der Waals surface area contributed by atoms with Gasteiger partial charge in [0.25, 0.3) is 0 Å². The van der Waals surface area contributed by atoms with Gasteiger partial charge in [0.1, 0.15) is 12.3 Å². The second kappa shape index (κ2) is 5.54. The molecule has 2 saturated carbocycles. The summed E-state index contributed by atoms with van der Waals surface area (Å²) >= 11 is 0. The minimum atomic E-state index is -2.87. The number of benzene rings is 1. The summed E-state index contributed by atoms with van der Waals surface area (Å²) in [4.78, 5) is 4.93. The van der Waals surface area contributed by atoms with Gasteiger partial charge in [-0.2, -0.15) is 0 Å². The van der Waals surface area contributed by atoms with Crippen LogP contribution in [0.5, 0.6) is 5.75 Å². The Morgan fingerprint density at radius 2 is 2.30 bits per heavy atom. The Bertz CT molecular complexity index is 806. The van der Waals surface area contributed by atoms with Crippen molar-refractivity contribution >= 4 is 5.71 Å². The van der Waals surface area contributed by atoms with Gasteiger partial charge in [0.15, 0.2) is 0 Å². The average Bonchev–Trinajstić information content (AvgIpc) is 2.95. The standard InChI is InChI=1S/C20H27NO2/c1-3-23-21-19-9-8-18-17-6-4-13-12-14(22)5-7-15(13)16(17)10-11-20(18,19)2/h5,7,12,16-18,22H,3-4,6,8-11H2,1-2H3/b21-19-/t16-,17-,18+,20+/m1/s1/i1D3,3D2. The average molecular weight is 318 g/mol. The largest absolute Gasteiger partial charge is 0.508 e. The minimum Gasteiger partial charge on any atom is -0.508 e. The Hall–Kier alpha value is -1.51. The number of phenols is 1. The predicted molar refractivity (Wildman–Crippen MR) is 91.8 cm³/mol. The SMILES string of the molecule is [2H]C([2H])([2H])C([2H])([2H])O/N=C1/CC[C@H]2[C@@H]3CCc4cc(O)ccc4[C@H]3CC[C@]12C. The molecule has 3 heteroatoms. The zero-order valence-corrected chi connectivity index (χ0v) is 13.5. The van der Waals surface area contributed by atoms with Crippen LogP contribution in [0.2, 0.25) is 0 Å². The van der Waals surface area contributed by atoms with Gasteiger partial charge >= 0.3 is 0 Å². The zero-order valence-electron chi connectivity index (χ0n) is 18.5. The molecule has 0 aliphatic heterocycles. The molecule has 0 spiro atoms. The highest BCUT2D eigenvalue weighted by Gasteiger charge is 2.53. The molecule has 124 valence electrons. The van der Waals surface area contributed by atoms with Crippen LogP contribution in [0.25, 0.3) is 0 Å². The Kier molecular flexibility index (Phi) is 2.50. The molecule has 3 nitrogen and oxygen atoms in total. The molecule has 4 atom stereocenters. The number of aromatic hydroxyl groups is 1. The summed E-state index contributed by atoms with van der Waals surface area (Å²) in [5, 5.41) is 13.9. The molecule has 0 aromatic heterocycles. The van der Waals surface area contributed by atoms with Gasteiger partial charge in [-0.1, -0.05) is 18.1 Å². The maximum Gasteiger partial charge on any atom is 0.115 e. The minimum absolute atomic E-state index is 0.166. The first-order chi connectivity index (χ1) is 13.0. The molecule has 3 aliphatic rings. The van der Waals surface area contributed by atoms with Crippen molar-refractivity contribution in [2.45, 2.75) is 58.2 Å². The first-order valence-corrected chi connectivity index (χ1v) is 8.60. The van der Waals surface area contributed by atoms with Crippen LogP contribution in [0.4, 0.5) is 0 Å². The maximum absolute atomic E-state index is 9.79. The van der Waals surface area contributed by atoms with Crippen molar-refractivity contribution in [1.82, 2.24) is 0 Å². The van der Waals surface area contributed by atoms with Gasteiger partial charge in [-0.3, -0.25) is 0 Å². The predicted octanol–water partition coefficient (Wildman–Crippen LogP) is 4.64. The molecule has 1 aromatic rings. The third-order valence-electron chi connectivity index (χ3n) is 6.65. The zero-order chi connectivity index (χ0) is 20.3. The molecule has 1 N–H and O–H groups in total. The fraction of sp³-hybridized carbons (Fsp3) is 0.650. The van der Waals surface area contributed by atoms with Crippen LogP contribution >= 0.6 is 0 Å². The number of rotatable bonds is 2. The van der Waals surface area contributed by atoms with E-state index in [0.29, 0.717) is 23.5 Å². The van der Waals surface area contributed by atoms with E-state index in [1.807, 2.05) is 6.07 Å². The normalized spacial score (nSPS) is 41.5. The van der Waals surface area contributed by atoms with Gasteiger partial charge in [-0.15, -0.1) is 0 Å². The Morgan fingerprint density at radius 1 is 1.39 bits per heavy atom. The number of hydrogen-bond acceptors (Lipinski definition) is 3. The van der Waals surface area contributed by atoms with E-state index in [9.17, 15) is 5.11 Å². The lowest BCUT2D eigenvalue weighted by molar-refractivity contribution is 0.0901. The number of fused-ring (bicyclic) bond motifs is 5. The summed E-state index contributed by atoms with van der Waals surface area (Å²) in [6.07, 6.45) is 5.68. The highest BCUT2D eigenvalue weighted by Crippen LogP contribution is 2.59. The van der Waals surface area contributed by atoms with Crippen molar-refractivity contribution in [3.63, 3.8) is 0 Å². The van der Waals surface area contributed by atoms with Crippen LogP contribution < -0.4 is 0 Å². The van der Waals surface area contributed by atoms with Crippen molar-refractivity contribution in [3.05, 3.63) is 29.3 Å². The number of nitrogens with zero attached hydrogens (tertiary/aromatic N) is 1. The van der Waals surface area contributed by atoms with Crippen molar-refractivity contribution in [3.8, 4) is 5.75 Å². The van der Waals surface area contributed by atoms with Crippen molar-refractivity contribution < 1.29 is 16.8 Å². The van der Waals surface area contributed by atoms with Crippen molar-refractivity contribution in [1.29, 1.82) is 0 Å². The molecule has 0 radical (unpaired) electrons. The number of phenolic OH excluding ortho intramolecular Hbond substituents is 1. The van der Waals surface area contributed by atoms with E-state index in [4.69, 9.17) is 11.7 Å². The number of aryl methyl sites for hydroxylation is 1. The molecule has 1 aromatic carbocycles. The van der Waals surface area contributed by atoms with E-state index in [0.717, 1.165) is 44.2 Å². The summed E-state index contributed by atoms with van der Waals surface area (Å²) in [5.74, 6) is 1.78. The number of oxime groups is 1. The topological polar surface area (TPSA) is 41.8 Å². The molecule has 0 saturated heterocycles. The molecule has 4 rings (SSSR count). The molecular weight excluding hydrogens is 286 g/mol. The first kappa shape index (κ1) is 10.4. The molecule has 3 aliphatic carbocycles. The molecular formula is C20H27NO2. The Balaban J connectivity index is 1.57. The molecule has 0 bridgehead atoms. The van der Waals surface area contributed by atoms with Crippen molar-refractivity contribution in [2.75, 3.05) is 6.56 Å². The summed E-state index contributed by atoms with van der Waals surface area (Å²) in [7, 11) is 0. The molecule has 0 heterocycles. The summed E-state index contributed by atoms with van der Waals surface area (Å²) in [6, 6.07) is 5.75. The van der Waals surface area contributed by atoms with Crippen LogP contribution in [-0.2, 0) is 11.3 Å². The lowest BCUT2D eigenvalue weighted by atomic mass is 9.55. The Labute approximate surface area is 145 Å². The van der Waals surface area contributed by atoms with Crippen LogP contribution in [0.1, 0.15) is 69.8 Å². The third-order valence-corrected chi connectivity index (χ3v) is 6.65. The van der Waals surface area contributed by atoms with Gasteiger partial charge in [-0.25, -0.2) is 0 Å². The fourth-order valence-electron chi connectivity index (χ4n) is 5.59. The van der Waals surface area contributed by atoms with Gasteiger partial charge in [0.05, 0.1) is 8.45 Å². The smallest absolute Gasteiger partial charge is 0.115 e. The lowest BCUT2D eigenvalue weighted by Gasteiger charge is -2.49. The molecule has 0 unspecified atom stereocenters. The highest BCUT2D eigenvalue weighted by atomic mass is 16.6. The fourth-order valence-corrected chi connectivity index (χ4v) is 5.59. The van der Waals surface area contributed by atoms with Crippen molar-refractivity contribution in [2.24, 2.45) is 22.4 Å². The Morgan fingerprint density at radius 3 is 3.17 bits per heavy atom. The second-order valence-electron chi connectivity index (χ2n) is 7.52. The van der Waals surface area contributed by atoms with Crippen LogP contribution in [-0.4, -0.2) is 17.4 Å². The van der Waals surface area contributed by atoms with E-state index < -0.39 is 13.4 Å². The van der Waals surface area contributed by atoms with Gasteiger partial charge in [0.2, 0.25) is 0 Å². The second-order valence-corrected chi connectivity index (χ2v) is 7.52. The maximum atomic E-state index is 9.79.